The Bertz CT molecular complexity index is 704. The number of carbonyl (C=O) groups is 2. The lowest BCUT2D eigenvalue weighted by Gasteiger charge is -2.07. The molecule has 1 N–H and O–H groups in total. The second kappa shape index (κ2) is 6.51. The zero-order valence-electron chi connectivity index (χ0n) is 11.4. The van der Waals surface area contributed by atoms with Gasteiger partial charge in [-0.05, 0) is 30.3 Å². The second-order valence-electron chi connectivity index (χ2n) is 4.28. The van der Waals surface area contributed by atoms with Crippen molar-refractivity contribution in [1.29, 1.82) is 0 Å². The molecule has 0 saturated heterocycles. The molecule has 1 heterocycles. The Kier molecular flexibility index (Phi) is 4.50. The molecule has 1 aromatic carbocycles. The predicted molar refractivity (Wildman–Crippen MR) is 77.1 cm³/mol. The molecule has 2 aromatic rings. The van der Waals surface area contributed by atoms with E-state index in [0.717, 1.165) is 0 Å². The fraction of sp³-hybridized carbons (Fsp3) is 0.133. The van der Waals surface area contributed by atoms with Gasteiger partial charge in [-0.2, -0.15) is 0 Å². The minimum atomic E-state index is -0.441. The van der Waals surface area contributed by atoms with Crippen LogP contribution in [0.2, 0.25) is 0 Å². The summed E-state index contributed by atoms with van der Waals surface area (Å²) in [4.78, 5) is 34.6. The molecule has 0 bridgehead atoms. The molecule has 0 aliphatic heterocycles. The number of aromatic nitrogens is 1. The highest BCUT2D eigenvalue weighted by Crippen LogP contribution is 2.10. The van der Waals surface area contributed by atoms with Crippen molar-refractivity contribution in [2.45, 2.75) is 6.54 Å². The minimum Gasteiger partial charge on any atom is -0.465 e. The van der Waals surface area contributed by atoms with Gasteiger partial charge in [-0.25, -0.2) is 4.79 Å². The monoisotopic (exact) mass is 286 g/mol. The zero-order chi connectivity index (χ0) is 15.2. The Balaban J connectivity index is 2.01. The van der Waals surface area contributed by atoms with Crippen LogP contribution in [0.3, 0.4) is 0 Å². The van der Waals surface area contributed by atoms with Crippen LogP contribution in [-0.4, -0.2) is 23.6 Å². The van der Waals surface area contributed by atoms with Crippen molar-refractivity contribution in [2.24, 2.45) is 0 Å². The largest absolute Gasteiger partial charge is 0.465 e. The highest BCUT2D eigenvalue weighted by Gasteiger charge is 2.07. The average molecular weight is 286 g/mol. The van der Waals surface area contributed by atoms with Crippen LogP contribution in [0.15, 0.2) is 53.5 Å². The first-order valence-electron chi connectivity index (χ1n) is 6.24. The lowest BCUT2D eigenvalue weighted by atomic mass is 10.2. The van der Waals surface area contributed by atoms with Gasteiger partial charge in [-0.1, -0.05) is 6.07 Å². The summed E-state index contributed by atoms with van der Waals surface area (Å²) in [5.74, 6) is -0.766. The molecule has 6 heteroatoms. The van der Waals surface area contributed by atoms with Gasteiger partial charge in [0.25, 0.3) is 5.56 Å². The van der Waals surface area contributed by atoms with Crippen molar-refractivity contribution in [3.8, 4) is 0 Å². The van der Waals surface area contributed by atoms with Crippen LogP contribution in [0.25, 0.3) is 0 Å². The summed E-state index contributed by atoms with van der Waals surface area (Å²) in [6.45, 7) is -0.0710. The van der Waals surface area contributed by atoms with E-state index in [2.05, 4.69) is 10.1 Å². The Labute approximate surface area is 121 Å². The van der Waals surface area contributed by atoms with E-state index in [1.807, 2.05) is 0 Å². The van der Waals surface area contributed by atoms with Crippen LogP contribution in [0.4, 0.5) is 5.69 Å². The van der Waals surface area contributed by atoms with Crippen molar-refractivity contribution in [2.75, 3.05) is 12.4 Å². The fourth-order valence-corrected chi connectivity index (χ4v) is 1.75. The maximum atomic E-state index is 11.8. The molecule has 108 valence electrons. The summed E-state index contributed by atoms with van der Waals surface area (Å²) in [5.41, 5.74) is 0.695. The molecule has 0 radical (unpaired) electrons. The van der Waals surface area contributed by atoms with Crippen LogP contribution in [0.1, 0.15) is 10.4 Å². The van der Waals surface area contributed by atoms with Gasteiger partial charge in [0, 0.05) is 18.0 Å². The Morgan fingerprint density at radius 3 is 2.48 bits per heavy atom. The highest BCUT2D eigenvalue weighted by molar-refractivity contribution is 5.92. The molecular formula is C15H14N2O4. The van der Waals surface area contributed by atoms with E-state index >= 15 is 0 Å². The molecule has 6 nitrogen and oxygen atoms in total. The molecular weight excluding hydrogens is 272 g/mol. The van der Waals surface area contributed by atoms with Crippen LogP contribution < -0.4 is 10.9 Å². The zero-order valence-corrected chi connectivity index (χ0v) is 11.4. The van der Waals surface area contributed by atoms with Crippen LogP contribution in [0.5, 0.6) is 0 Å². The van der Waals surface area contributed by atoms with Crippen molar-refractivity contribution < 1.29 is 14.3 Å². The number of hydrogen-bond acceptors (Lipinski definition) is 4. The number of rotatable bonds is 4. The standard InChI is InChI=1S/C15H14N2O4/c1-21-15(20)11-5-7-12(8-6-11)16-13(18)10-17-9-3-2-4-14(17)19/h2-9H,10H2,1H3,(H,16,18). The summed E-state index contributed by atoms with van der Waals surface area (Å²) < 4.78 is 5.89. The minimum absolute atomic E-state index is 0.0710. The number of anilines is 1. The van der Waals surface area contributed by atoms with Crippen LogP contribution in [0, 0.1) is 0 Å². The van der Waals surface area contributed by atoms with Crippen molar-refractivity contribution in [3.05, 3.63) is 64.6 Å². The molecule has 0 atom stereocenters. The summed E-state index contributed by atoms with van der Waals surface area (Å²) in [5, 5.41) is 2.65. The van der Waals surface area contributed by atoms with E-state index in [1.165, 1.54) is 17.7 Å². The number of amides is 1. The smallest absolute Gasteiger partial charge is 0.337 e. The topological polar surface area (TPSA) is 77.4 Å². The van der Waals surface area contributed by atoms with E-state index in [9.17, 15) is 14.4 Å². The van der Waals surface area contributed by atoms with E-state index < -0.39 is 5.97 Å². The quantitative estimate of drug-likeness (QED) is 0.859. The maximum absolute atomic E-state index is 11.8. The van der Waals surface area contributed by atoms with Gasteiger partial charge in [-0.15, -0.1) is 0 Å². The number of pyridine rings is 1. The molecule has 0 unspecified atom stereocenters. The Hall–Kier alpha value is -2.89. The summed E-state index contributed by atoms with van der Waals surface area (Å²) >= 11 is 0. The Morgan fingerprint density at radius 2 is 1.86 bits per heavy atom. The number of ether oxygens (including phenoxy) is 1. The van der Waals surface area contributed by atoms with Crippen molar-refractivity contribution in [3.63, 3.8) is 0 Å². The third kappa shape index (κ3) is 3.79. The van der Waals surface area contributed by atoms with Gasteiger partial charge in [0.15, 0.2) is 0 Å². The Morgan fingerprint density at radius 1 is 1.14 bits per heavy atom. The number of nitrogens with one attached hydrogen (secondary N) is 1. The number of methoxy groups -OCH3 is 1. The first-order valence-corrected chi connectivity index (χ1v) is 6.24. The first kappa shape index (κ1) is 14.5. The van der Waals surface area contributed by atoms with Crippen molar-refractivity contribution in [1.82, 2.24) is 4.57 Å². The third-order valence-electron chi connectivity index (χ3n) is 2.80. The van der Waals surface area contributed by atoms with Crippen molar-refractivity contribution >= 4 is 17.6 Å². The molecule has 2 rings (SSSR count). The number of nitrogens with zero attached hydrogens (tertiary/aromatic N) is 1. The van der Waals surface area contributed by atoms with E-state index in [0.29, 0.717) is 11.3 Å². The number of esters is 1. The number of hydrogen-bond donors (Lipinski definition) is 1. The van der Waals surface area contributed by atoms with Gasteiger partial charge in [0.1, 0.15) is 6.54 Å². The highest BCUT2D eigenvalue weighted by atomic mass is 16.5. The third-order valence-corrected chi connectivity index (χ3v) is 2.80. The van der Waals surface area contributed by atoms with Crippen LogP contribution >= 0.6 is 0 Å². The molecule has 1 amide bonds. The van der Waals surface area contributed by atoms with Gasteiger partial charge >= 0.3 is 5.97 Å². The molecule has 0 spiro atoms. The summed E-state index contributed by atoms with van der Waals surface area (Å²) in [6.07, 6.45) is 1.54. The lowest BCUT2D eigenvalue weighted by Crippen LogP contribution is -2.26. The maximum Gasteiger partial charge on any atom is 0.337 e. The van der Waals surface area contributed by atoms with Gasteiger partial charge < -0.3 is 14.6 Å². The second-order valence-corrected chi connectivity index (χ2v) is 4.28. The first-order chi connectivity index (χ1) is 10.1. The predicted octanol–water partition coefficient (Wildman–Crippen LogP) is 1.27. The van der Waals surface area contributed by atoms with Gasteiger partial charge in [0.05, 0.1) is 12.7 Å². The molecule has 21 heavy (non-hydrogen) atoms. The summed E-state index contributed by atoms with van der Waals surface area (Å²) in [6, 6.07) is 11.0. The molecule has 0 saturated carbocycles. The molecule has 0 aliphatic carbocycles. The average Bonchev–Trinajstić information content (AvgIpc) is 2.49. The number of benzene rings is 1. The lowest BCUT2D eigenvalue weighted by molar-refractivity contribution is -0.116. The number of carbonyl (C=O) groups excluding carboxylic acids is 2. The molecule has 1 aromatic heterocycles. The van der Waals surface area contributed by atoms with E-state index in [1.54, 1.807) is 42.6 Å². The van der Waals surface area contributed by atoms with Gasteiger partial charge in [0.2, 0.25) is 5.91 Å². The van der Waals surface area contributed by atoms with Gasteiger partial charge in [-0.3, -0.25) is 9.59 Å². The molecule has 0 fully saturated rings. The summed E-state index contributed by atoms with van der Waals surface area (Å²) in [7, 11) is 1.30. The van der Waals surface area contributed by atoms with E-state index in [4.69, 9.17) is 0 Å². The van der Waals surface area contributed by atoms with Crippen LogP contribution in [-0.2, 0) is 16.1 Å². The van der Waals surface area contributed by atoms with E-state index in [-0.39, 0.29) is 18.0 Å². The fourth-order valence-electron chi connectivity index (χ4n) is 1.75. The normalized spacial score (nSPS) is 9.95. The SMILES string of the molecule is COC(=O)c1ccc(NC(=O)Cn2ccccc2=O)cc1. The molecule has 0 aliphatic rings.